The first-order valence-corrected chi connectivity index (χ1v) is 8.18. The van der Waals surface area contributed by atoms with E-state index in [0.717, 1.165) is 17.4 Å². The molecule has 1 aliphatic rings. The van der Waals surface area contributed by atoms with E-state index in [1.54, 1.807) is 30.3 Å². The molecule has 21 heavy (non-hydrogen) atoms. The summed E-state index contributed by atoms with van der Waals surface area (Å²) in [5, 5.41) is 0. The molecule has 0 fully saturated rings. The number of fused-ring (bicyclic) bond motifs is 1. The van der Waals surface area contributed by atoms with Crippen molar-refractivity contribution in [1.29, 1.82) is 0 Å². The Morgan fingerprint density at radius 1 is 0.952 bits per heavy atom. The van der Waals surface area contributed by atoms with Gasteiger partial charge in [-0.3, -0.25) is 0 Å². The van der Waals surface area contributed by atoms with Crippen molar-refractivity contribution in [3.05, 3.63) is 65.2 Å². The van der Waals surface area contributed by atoms with E-state index in [9.17, 15) is 13.2 Å². The van der Waals surface area contributed by atoms with Crippen LogP contribution in [0.4, 0.5) is 0 Å². The van der Waals surface area contributed by atoms with Crippen molar-refractivity contribution in [3.8, 4) is 0 Å². The summed E-state index contributed by atoms with van der Waals surface area (Å²) in [6, 6.07) is 13.6. The normalized spacial score (nSPS) is 15.9. The van der Waals surface area contributed by atoms with Gasteiger partial charge in [0.05, 0.1) is 10.5 Å². The molecule has 4 nitrogen and oxygen atoms in total. The summed E-state index contributed by atoms with van der Waals surface area (Å²) in [4.78, 5) is 12.0. The van der Waals surface area contributed by atoms with Crippen LogP contribution in [-0.4, -0.2) is 20.6 Å². The highest BCUT2D eigenvalue weighted by atomic mass is 32.2. The van der Waals surface area contributed by atoms with Gasteiger partial charge in [-0.25, -0.2) is 13.2 Å². The van der Waals surface area contributed by atoms with E-state index in [-0.39, 0.29) is 10.9 Å². The molecule has 0 N–H and O–H groups in total. The third kappa shape index (κ3) is 2.60. The van der Waals surface area contributed by atoms with E-state index in [0.29, 0.717) is 11.3 Å². The lowest BCUT2D eigenvalue weighted by Gasteiger charge is -2.01. The molecule has 2 aromatic rings. The number of carbonyl (C=O) groups excluding carboxylic acids is 1. The van der Waals surface area contributed by atoms with Crippen LogP contribution in [-0.2, 0) is 14.6 Å². The van der Waals surface area contributed by atoms with Crippen LogP contribution >= 0.6 is 0 Å². The SMILES string of the molecule is CS(=O)(=O)c1ccc(/C=C2\OC(=O)c3ccccc32)cc1. The van der Waals surface area contributed by atoms with Gasteiger partial charge in [-0.05, 0) is 29.8 Å². The van der Waals surface area contributed by atoms with Gasteiger partial charge in [0.25, 0.3) is 0 Å². The van der Waals surface area contributed by atoms with Crippen LogP contribution < -0.4 is 0 Å². The van der Waals surface area contributed by atoms with Crippen LogP contribution in [0.1, 0.15) is 21.5 Å². The van der Waals surface area contributed by atoms with E-state index in [1.807, 2.05) is 12.1 Å². The lowest BCUT2D eigenvalue weighted by atomic mass is 10.1. The number of rotatable bonds is 2. The van der Waals surface area contributed by atoms with Crippen molar-refractivity contribution in [3.63, 3.8) is 0 Å². The molecule has 2 aromatic carbocycles. The average Bonchev–Trinajstić information content (AvgIpc) is 2.76. The van der Waals surface area contributed by atoms with Crippen LogP contribution in [0, 0.1) is 0 Å². The van der Waals surface area contributed by atoms with Gasteiger partial charge in [0.1, 0.15) is 5.76 Å². The highest BCUT2D eigenvalue weighted by molar-refractivity contribution is 7.90. The fraction of sp³-hybridized carbons (Fsp3) is 0.0625. The maximum Gasteiger partial charge on any atom is 0.344 e. The first-order valence-electron chi connectivity index (χ1n) is 6.28. The van der Waals surface area contributed by atoms with Crippen molar-refractivity contribution < 1.29 is 17.9 Å². The Morgan fingerprint density at radius 2 is 1.57 bits per heavy atom. The number of sulfone groups is 1. The molecule has 0 saturated heterocycles. The molecule has 0 saturated carbocycles. The fourth-order valence-corrected chi connectivity index (χ4v) is 2.79. The van der Waals surface area contributed by atoms with E-state index < -0.39 is 9.84 Å². The van der Waals surface area contributed by atoms with Crippen molar-refractivity contribution in [1.82, 2.24) is 0 Å². The number of benzene rings is 2. The molecule has 1 heterocycles. The van der Waals surface area contributed by atoms with E-state index >= 15 is 0 Å². The van der Waals surface area contributed by atoms with Gasteiger partial charge in [-0.2, -0.15) is 0 Å². The van der Waals surface area contributed by atoms with Crippen molar-refractivity contribution in [2.75, 3.05) is 6.26 Å². The topological polar surface area (TPSA) is 60.4 Å². The molecule has 0 atom stereocenters. The monoisotopic (exact) mass is 300 g/mol. The zero-order valence-corrected chi connectivity index (χ0v) is 12.1. The Bertz CT molecular complexity index is 846. The maximum absolute atomic E-state index is 11.7. The van der Waals surface area contributed by atoms with E-state index in [4.69, 9.17) is 4.74 Å². The predicted molar refractivity (Wildman–Crippen MR) is 79.3 cm³/mol. The molecule has 1 aliphatic heterocycles. The molecule has 0 spiro atoms. The highest BCUT2D eigenvalue weighted by Gasteiger charge is 2.25. The van der Waals surface area contributed by atoms with Gasteiger partial charge in [-0.15, -0.1) is 0 Å². The molecule has 0 unspecified atom stereocenters. The van der Waals surface area contributed by atoms with Crippen LogP contribution in [0.3, 0.4) is 0 Å². The summed E-state index contributed by atoms with van der Waals surface area (Å²) < 4.78 is 28.1. The van der Waals surface area contributed by atoms with Gasteiger partial charge in [0.15, 0.2) is 9.84 Å². The molecule has 0 amide bonds. The minimum atomic E-state index is -3.21. The molecular weight excluding hydrogens is 288 g/mol. The summed E-state index contributed by atoms with van der Waals surface area (Å²) in [6.45, 7) is 0. The molecule has 0 aliphatic carbocycles. The highest BCUT2D eigenvalue weighted by Crippen LogP contribution is 2.31. The maximum atomic E-state index is 11.7. The smallest absolute Gasteiger partial charge is 0.344 e. The molecule has 3 rings (SSSR count). The average molecular weight is 300 g/mol. The summed E-state index contributed by atoms with van der Waals surface area (Å²) >= 11 is 0. The first-order chi connectivity index (χ1) is 9.95. The number of esters is 1. The second-order valence-electron chi connectivity index (χ2n) is 4.78. The zero-order valence-electron chi connectivity index (χ0n) is 11.2. The Labute approximate surface area is 122 Å². The molecule has 0 radical (unpaired) electrons. The Balaban J connectivity index is 1.99. The van der Waals surface area contributed by atoms with Crippen molar-refractivity contribution in [2.45, 2.75) is 4.90 Å². The Hall–Kier alpha value is -2.40. The van der Waals surface area contributed by atoms with Gasteiger partial charge in [-0.1, -0.05) is 30.3 Å². The number of cyclic esters (lactones) is 1. The standard InChI is InChI=1S/C16H12O4S/c1-21(18,19)12-8-6-11(7-9-12)10-15-13-4-2-3-5-14(13)16(17)20-15/h2-10H,1H3/b15-10-. The molecule has 106 valence electrons. The summed E-state index contributed by atoms with van der Waals surface area (Å²) in [5.74, 6) is 0.104. The second-order valence-corrected chi connectivity index (χ2v) is 6.80. The van der Waals surface area contributed by atoms with Gasteiger partial charge in [0, 0.05) is 11.8 Å². The minimum Gasteiger partial charge on any atom is -0.422 e. The lowest BCUT2D eigenvalue weighted by Crippen LogP contribution is -1.96. The third-order valence-corrected chi connectivity index (χ3v) is 4.35. The van der Waals surface area contributed by atoms with Gasteiger partial charge in [0.2, 0.25) is 0 Å². The van der Waals surface area contributed by atoms with Crippen LogP contribution in [0.5, 0.6) is 0 Å². The van der Waals surface area contributed by atoms with Crippen LogP contribution in [0.2, 0.25) is 0 Å². The largest absolute Gasteiger partial charge is 0.422 e. The predicted octanol–water partition coefficient (Wildman–Crippen LogP) is 2.76. The van der Waals surface area contributed by atoms with E-state index in [2.05, 4.69) is 0 Å². The van der Waals surface area contributed by atoms with Crippen LogP contribution in [0.15, 0.2) is 53.4 Å². The van der Waals surface area contributed by atoms with Gasteiger partial charge >= 0.3 is 5.97 Å². The summed E-state index contributed by atoms with van der Waals surface area (Å²) in [6.07, 6.45) is 2.88. The molecular formula is C16H12O4S. The number of carbonyl (C=O) groups is 1. The number of ether oxygens (including phenoxy) is 1. The number of hydrogen-bond donors (Lipinski definition) is 0. The quantitative estimate of drug-likeness (QED) is 0.800. The Kier molecular flexibility index (Phi) is 3.14. The third-order valence-electron chi connectivity index (χ3n) is 3.22. The zero-order chi connectivity index (χ0) is 15.0. The molecule has 0 bridgehead atoms. The Morgan fingerprint density at radius 3 is 2.19 bits per heavy atom. The summed E-state index contributed by atoms with van der Waals surface area (Å²) in [5.41, 5.74) is 2.05. The molecule has 5 heteroatoms. The van der Waals surface area contributed by atoms with Crippen molar-refractivity contribution in [2.24, 2.45) is 0 Å². The van der Waals surface area contributed by atoms with Crippen LogP contribution in [0.25, 0.3) is 11.8 Å². The molecule has 0 aromatic heterocycles. The first kappa shape index (κ1) is 13.6. The summed E-state index contributed by atoms with van der Waals surface area (Å²) in [7, 11) is -3.21. The van der Waals surface area contributed by atoms with Gasteiger partial charge < -0.3 is 4.74 Å². The fourth-order valence-electron chi connectivity index (χ4n) is 2.16. The second kappa shape index (κ2) is 4.86. The lowest BCUT2D eigenvalue weighted by molar-refractivity contribution is 0.0717. The minimum absolute atomic E-state index is 0.258. The van der Waals surface area contributed by atoms with E-state index in [1.165, 1.54) is 12.1 Å². The number of hydrogen-bond acceptors (Lipinski definition) is 4. The van der Waals surface area contributed by atoms with Crippen molar-refractivity contribution >= 4 is 27.6 Å².